The number of ether oxygens (including phenoxy) is 2. The topological polar surface area (TPSA) is 35.5 Å². The molecule has 3 nitrogen and oxygen atoms in total. The lowest BCUT2D eigenvalue weighted by atomic mass is 10.2. The summed E-state index contributed by atoms with van der Waals surface area (Å²) in [5.74, 6) is -0.457. The molecule has 1 aromatic rings. The van der Waals surface area contributed by atoms with Gasteiger partial charge in [-0.2, -0.15) is 0 Å². The Morgan fingerprint density at radius 2 is 2.00 bits per heavy atom. The van der Waals surface area contributed by atoms with Crippen LogP contribution in [0.2, 0.25) is 0 Å². The molecule has 0 amide bonds. The Morgan fingerprint density at radius 1 is 1.35 bits per heavy atom. The van der Waals surface area contributed by atoms with E-state index in [1.165, 1.54) is 13.2 Å². The molecule has 17 heavy (non-hydrogen) atoms. The van der Waals surface area contributed by atoms with Crippen molar-refractivity contribution in [1.82, 2.24) is 0 Å². The zero-order valence-corrected chi connectivity index (χ0v) is 11.7. The van der Waals surface area contributed by atoms with E-state index in [-0.39, 0.29) is 17.9 Å². The summed E-state index contributed by atoms with van der Waals surface area (Å²) in [6.07, 6.45) is 0.575. The minimum absolute atomic E-state index is 0.101. The highest BCUT2D eigenvalue weighted by Gasteiger charge is 2.08. The summed E-state index contributed by atoms with van der Waals surface area (Å²) in [6.45, 7) is 4.65. The minimum Gasteiger partial charge on any atom is -0.488 e. The monoisotopic (exact) mass is 306 g/mol. The lowest BCUT2D eigenvalue weighted by molar-refractivity contribution is 0.112. The molecule has 0 radical (unpaired) electrons. The lowest BCUT2D eigenvalue weighted by Gasteiger charge is -2.07. The smallest absolute Gasteiger partial charge is 0.165 e. The summed E-state index contributed by atoms with van der Waals surface area (Å²) in [5.41, 5.74) is 0.256. The molecule has 0 aromatic heterocycles. The third-order valence-corrected chi connectivity index (χ3v) is 2.41. The second-order valence-electron chi connectivity index (χ2n) is 2.76. The highest BCUT2D eigenvalue weighted by Crippen LogP contribution is 2.25. The van der Waals surface area contributed by atoms with Crippen LogP contribution in [0.5, 0.6) is 5.75 Å². The van der Waals surface area contributed by atoms with Gasteiger partial charge in [0, 0.05) is 17.1 Å². The second kappa shape index (κ2) is 9.13. The van der Waals surface area contributed by atoms with Crippen LogP contribution in [0.4, 0.5) is 4.39 Å². The Morgan fingerprint density at radius 3 is 2.53 bits per heavy atom. The number of carbonyl (C=O) groups is 1. The van der Waals surface area contributed by atoms with Crippen molar-refractivity contribution < 1.29 is 18.7 Å². The van der Waals surface area contributed by atoms with Gasteiger partial charge in [0.25, 0.3) is 0 Å². The first-order valence-electron chi connectivity index (χ1n) is 5.25. The molecular formula is C12H16BrFO3. The van der Waals surface area contributed by atoms with Crippen molar-refractivity contribution >= 4 is 22.2 Å². The molecule has 0 heterocycles. The first-order valence-corrected chi connectivity index (χ1v) is 6.04. The first-order chi connectivity index (χ1) is 8.19. The Balaban J connectivity index is 0.00000121. The van der Waals surface area contributed by atoms with Gasteiger partial charge >= 0.3 is 0 Å². The number of aldehydes is 1. The van der Waals surface area contributed by atoms with Gasteiger partial charge < -0.3 is 9.47 Å². The van der Waals surface area contributed by atoms with Crippen LogP contribution in [0.25, 0.3) is 0 Å². The second-order valence-corrected chi connectivity index (χ2v) is 3.62. The van der Waals surface area contributed by atoms with Gasteiger partial charge in [-0.05, 0) is 28.1 Å². The molecule has 96 valence electrons. The molecule has 0 N–H and O–H groups in total. The number of methoxy groups -OCH3 is 1. The molecule has 1 rings (SSSR count). The molecule has 0 fully saturated rings. The Labute approximate surface area is 109 Å². The normalized spacial score (nSPS) is 9.24. The van der Waals surface area contributed by atoms with Crippen LogP contribution in [-0.4, -0.2) is 26.6 Å². The van der Waals surface area contributed by atoms with Crippen LogP contribution in [-0.2, 0) is 4.74 Å². The molecular weight excluding hydrogens is 291 g/mol. The largest absolute Gasteiger partial charge is 0.488 e. The van der Waals surface area contributed by atoms with E-state index in [1.54, 1.807) is 0 Å². The number of hydrogen-bond donors (Lipinski definition) is 0. The van der Waals surface area contributed by atoms with E-state index >= 15 is 0 Å². The average molecular weight is 307 g/mol. The molecule has 0 aliphatic rings. The van der Waals surface area contributed by atoms with Crippen molar-refractivity contribution in [3.8, 4) is 5.75 Å². The summed E-state index contributed by atoms with van der Waals surface area (Å²) < 4.78 is 23.7. The summed E-state index contributed by atoms with van der Waals surface area (Å²) in [5, 5.41) is 0. The van der Waals surface area contributed by atoms with E-state index in [4.69, 9.17) is 9.47 Å². The average Bonchev–Trinajstić information content (AvgIpc) is 2.36. The number of halogens is 2. The maximum Gasteiger partial charge on any atom is 0.165 e. The van der Waals surface area contributed by atoms with Crippen LogP contribution in [0.3, 0.4) is 0 Å². The summed E-state index contributed by atoms with van der Waals surface area (Å²) in [6, 6.07) is 2.55. The zero-order valence-electron chi connectivity index (χ0n) is 10.1. The molecule has 5 heteroatoms. The molecule has 0 atom stereocenters. The standard InChI is InChI=1S/C10H10BrFO3.C2H6/c1-14-2-3-15-10-5-8(11)7(6-13)4-9(10)12;1-2/h4-6H,2-3H2,1H3;1-2H3. The van der Waals surface area contributed by atoms with E-state index in [1.807, 2.05) is 13.8 Å². The third kappa shape index (κ3) is 5.28. The van der Waals surface area contributed by atoms with Crippen LogP contribution in [0.15, 0.2) is 16.6 Å². The lowest BCUT2D eigenvalue weighted by Crippen LogP contribution is -2.05. The van der Waals surface area contributed by atoms with Gasteiger partial charge in [-0.15, -0.1) is 0 Å². The predicted octanol–water partition coefficient (Wildman–Crippen LogP) is 3.45. The molecule has 0 saturated carbocycles. The molecule has 1 aromatic carbocycles. The van der Waals surface area contributed by atoms with Crippen molar-refractivity contribution in [3.05, 3.63) is 28.0 Å². The van der Waals surface area contributed by atoms with Crippen molar-refractivity contribution in [1.29, 1.82) is 0 Å². The molecule has 0 bridgehead atoms. The van der Waals surface area contributed by atoms with Crippen LogP contribution >= 0.6 is 15.9 Å². The fourth-order valence-corrected chi connectivity index (χ4v) is 1.40. The van der Waals surface area contributed by atoms with Crippen LogP contribution < -0.4 is 4.74 Å². The third-order valence-electron chi connectivity index (χ3n) is 1.72. The van der Waals surface area contributed by atoms with E-state index < -0.39 is 5.82 Å². The van der Waals surface area contributed by atoms with Crippen LogP contribution in [0.1, 0.15) is 24.2 Å². The molecule has 0 aliphatic carbocycles. The SMILES string of the molecule is CC.COCCOc1cc(Br)c(C=O)cc1F. The molecule has 0 aliphatic heterocycles. The van der Waals surface area contributed by atoms with E-state index in [2.05, 4.69) is 15.9 Å². The zero-order chi connectivity index (χ0) is 13.3. The van der Waals surface area contributed by atoms with Crippen molar-refractivity contribution in [2.45, 2.75) is 13.8 Å². The quantitative estimate of drug-likeness (QED) is 0.617. The molecule has 0 saturated heterocycles. The van der Waals surface area contributed by atoms with Crippen molar-refractivity contribution in [2.24, 2.45) is 0 Å². The molecule has 0 spiro atoms. The maximum atomic E-state index is 13.3. The summed E-state index contributed by atoms with van der Waals surface area (Å²) in [7, 11) is 1.53. The van der Waals surface area contributed by atoms with Crippen molar-refractivity contribution in [2.75, 3.05) is 20.3 Å². The van der Waals surface area contributed by atoms with Gasteiger partial charge in [0.1, 0.15) is 6.61 Å². The Bertz CT molecular complexity index is 356. The summed E-state index contributed by atoms with van der Waals surface area (Å²) >= 11 is 3.14. The number of carbonyl (C=O) groups excluding carboxylic acids is 1. The number of benzene rings is 1. The van der Waals surface area contributed by atoms with Gasteiger partial charge in [-0.3, -0.25) is 4.79 Å². The highest BCUT2D eigenvalue weighted by atomic mass is 79.9. The highest BCUT2D eigenvalue weighted by molar-refractivity contribution is 9.10. The number of rotatable bonds is 5. The van der Waals surface area contributed by atoms with Gasteiger partial charge in [-0.1, -0.05) is 13.8 Å². The number of hydrogen-bond acceptors (Lipinski definition) is 3. The van der Waals surface area contributed by atoms with Crippen LogP contribution in [0, 0.1) is 5.82 Å². The first kappa shape index (κ1) is 16.1. The minimum atomic E-state index is -0.559. The van der Waals surface area contributed by atoms with Gasteiger partial charge in [0.15, 0.2) is 17.9 Å². The van der Waals surface area contributed by atoms with Gasteiger partial charge in [-0.25, -0.2) is 4.39 Å². The molecule has 0 unspecified atom stereocenters. The van der Waals surface area contributed by atoms with E-state index in [0.717, 1.165) is 6.07 Å². The fourth-order valence-electron chi connectivity index (χ4n) is 0.980. The maximum absolute atomic E-state index is 13.3. The Kier molecular flexibility index (Phi) is 8.62. The van der Waals surface area contributed by atoms with Crippen molar-refractivity contribution in [3.63, 3.8) is 0 Å². The van der Waals surface area contributed by atoms with E-state index in [0.29, 0.717) is 17.4 Å². The van der Waals surface area contributed by atoms with Gasteiger partial charge in [0.05, 0.1) is 6.61 Å². The predicted molar refractivity (Wildman–Crippen MR) is 68.2 cm³/mol. The summed E-state index contributed by atoms with van der Waals surface area (Å²) in [4.78, 5) is 10.5. The van der Waals surface area contributed by atoms with Gasteiger partial charge in [0.2, 0.25) is 0 Å². The van der Waals surface area contributed by atoms with E-state index in [9.17, 15) is 9.18 Å². The Hall–Kier alpha value is -0.940. The fraction of sp³-hybridized carbons (Fsp3) is 0.417.